The Balaban J connectivity index is 1.29. The van der Waals surface area contributed by atoms with Crippen LogP contribution < -0.4 is 9.47 Å². The molecule has 0 bridgehead atoms. The minimum absolute atomic E-state index is 0.0318. The highest BCUT2D eigenvalue weighted by atomic mass is 19.1. The molecule has 0 spiro atoms. The Morgan fingerprint density at radius 1 is 1.03 bits per heavy atom. The number of methoxy groups -OCH3 is 1. The summed E-state index contributed by atoms with van der Waals surface area (Å²) in [6.45, 7) is 1.38. The van der Waals surface area contributed by atoms with Crippen LogP contribution in [0, 0.1) is 5.82 Å². The number of hydrogen-bond donors (Lipinski definition) is 0. The Bertz CT molecular complexity index is 1410. The van der Waals surface area contributed by atoms with Gasteiger partial charge in [-0.2, -0.15) is 0 Å². The first kappa shape index (κ1) is 22.5. The first-order chi connectivity index (χ1) is 17.6. The maximum Gasteiger partial charge on any atom is 0.256 e. The van der Waals surface area contributed by atoms with E-state index in [0.717, 1.165) is 35.3 Å². The van der Waals surface area contributed by atoms with Crippen LogP contribution in [0.15, 0.2) is 66.7 Å². The summed E-state index contributed by atoms with van der Waals surface area (Å²) in [4.78, 5) is 20.0. The molecule has 6 rings (SSSR count). The van der Waals surface area contributed by atoms with Gasteiger partial charge in [-0.1, -0.05) is 30.3 Å². The first-order valence-electron chi connectivity index (χ1n) is 12.1. The molecule has 8 heteroatoms. The molecule has 1 saturated heterocycles. The topological polar surface area (TPSA) is 65.8 Å². The zero-order valence-electron chi connectivity index (χ0n) is 19.9. The Morgan fingerprint density at radius 2 is 1.81 bits per heavy atom. The van der Waals surface area contributed by atoms with Gasteiger partial charge in [0.2, 0.25) is 6.79 Å². The maximum absolute atomic E-state index is 14.0. The van der Waals surface area contributed by atoms with Gasteiger partial charge >= 0.3 is 0 Å². The fourth-order valence-corrected chi connectivity index (χ4v) is 5.20. The fourth-order valence-electron chi connectivity index (χ4n) is 5.20. The zero-order valence-corrected chi connectivity index (χ0v) is 19.9. The van der Waals surface area contributed by atoms with Crippen molar-refractivity contribution in [2.75, 3.05) is 27.0 Å². The Hall–Kier alpha value is -3.91. The minimum atomic E-state index is -0.621. The van der Waals surface area contributed by atoms with Gasteiger partial charge in [-0.25, -0.2) is 9.37 Å². The lowest BCUT2D eigenvalue weighted by Gasteiger charge is -2.35. The van der Waals surface area contributed by atoms with Crippen LogP contribution in [-0.4, -0.2) is 47.4 Å². The van der Waals surface area contributed by atoms with E-state index in [1.807, 2.05) is 53.4 Å². The zero-order chi connectivity index (χ0) is 24.6. The number of fused-ring (bicyclic) bond motifs is 2. The van der Waals surface area contributed by atoms with Crippen LogP contribution in [-0.2, 0) is 9.53 Å². The summed E-state index contributed by atoms with van der Waals surface area (Å²) in [7, 11) is 1.57. The van der Waals surface area contributed by atoms with Gasteiger partial charge in [0.1, 0.15) is 11.6 Å². The van der Waals surface area contributed by atoms with Crippen LogP contribution in [0.2, 0.25) is 0 Å². The number of piperidine rings is 1. The van der Waals surface area contributed by atoms with E-state index in [4.69, 9.17) is 19.2 Å². The standard InChI is InChI=1S/C28H26FN3O4/c1-34-26(18-5-3-2-4-6-18)28(33)31-13-11-21(12-14-31)32-23-9-8-20(29)16-22(23)30-27(32)19-7-10-24-25(15-19)36-17-35-24/h2-10,15-16,21,26H,11-14,17H2,1H3/t26-/m1/s1. The average molecular weight is 488 g/mol. The lowest BCUT2D eigenvalue weighted by Crippen LogP contribution is -2.42. The summed E-state index contributed by atoms with van der Waals surface area (Å²) in [5.41, 5.74) is 3.19. The lowest BCUT2D eigenvalue weighted by atomic mass is 10.0. The van der Waals surface area contributed by atoms with Crippen molar-refractivity contribution in [1.29, 1.82) is 0 Å². The van der Waals surface area contributed by atoms with E-state index in [9.17, 15) is 9.18 Å². The lowest BCUT2D eigenvalue weighted by molar-refractivity contribution is -0.143. The number of amides is 1. The van der Waals surface area contributed by atoms with Gasteiger partial charge in [0.05, 0.1) is 11.0 Å². The predicted molar refractivity (Wildman–Crippen MR) is 132 cm³/mol. The number of carbonyl (C=O) groups is 1. The van der Waals surface area contributed by atoms with Gasteiger partial charge < -0.3 is 23.7 Å². The second-order valence-corrected chi connectivity index (χ2v) is 9.09. The van der Waals surface area contributed by atoms with Crippen LogP contribution in [0.5, 0.6) is 11.5 Å². The van der Waals surface area contributed by atoms with E-state index in [1.54, 1.807) is 13.2 Å². The monoisotopic (exact) mass is 487 g/mol. The molecule has 1 amide bonds. The Kier molecular flexibility index (Phi) is 5.81. The number of benzene rings is 3. The van der Waals surface area contributed by atoms with Crippen molar-refractivity contribution in [2.45, 2.75) is 25.0 Å². The SMILES string of the molecule is CO[C@@H](C(=O)N1CCC(n2c(-c3ccc4c(c3)OCO4)nc3cc(F)ccc32)CC1)c1ccccc1. The molecule has 0 aliphatic carbocycles. The molecular weight excluding hydrogens is 461 g/mol. The molecule has 0 N–H and O–H groups in total. The second kappa shape index (κ2) is 9.28. The molecule has 184 valence electrons. The summed E-state index contributed by atoms with van der Waals surface area (Å²) >= 11 is 0. The molecule has 1 aromatic heterocycles. The molecule has 0 saturated carbocycles. The Morgan fingerprint density at radius 3 is 2.58 bits per heavy atom. The van der Waals surface area contributed by atoms with E-state index in [0.29, 0.717) is 30.1 Å². The average Bonchev–Trinajstić information content (AvgIpc) is 3.53. The number of hydrogen-bond acceptors (Lipinski definition) is 5. The number of ether oxygens (including phenoxy) is 3. The van der Waals surface area contributed by atoms with E-state index < -0.39 is 6.10 Å². The molecular formula is C28H26FN3O4. The molecule has 3 heterocycles. The second-order valence-electron chi connectivity index (χ2n) is 9.09. The number of aromatic nitrogens is 2. The maximum atomic E-state index is 14.0. The van der Waals surface area contributed by atoms with Gasteiger partial charge in [0.15, 0.2) is 17.6 Å². The number of halogens is 1. The van der Waals surface area contributed by atoms with E-state index in [2.05, 4.69) is 4.57 Å². The quantitative estimate of drug-likeness (QED) is 0.391. The largest absolute Gasteiger partial charge is 0.454 e. The molecule has 7 nitrogen and oxygen atoms in total. The van der Waals surface area contributed by atoms with Crippen molar-refractivity contribution in [3.8, 4) is 22.9 Å². The predicted octanol–water partition coefficient (Wildman–Crippen LogP) is 5.12. The highest BCUT2D eigenvalue weighted by Crippen LogP contribution is 2.39. The van der Waals surface area contributed by atoms with Gasteiger partial charge in [-0.3, -0.25) is 4.79 Å². The summed E-state index contributed by atoms with van der Waals surface area (Å²) in [5, 5.41) is 0. The molecule has 2 aliphatic rings. The third-order valence-corrected chi connectivity index (χ3v) is 6.99. The molecule has 36 heavy (non-hydrogen) atoms. The summed E-state index contributed by atoms with van der Waals surface area (Å²) in [6.07, 6.45) is 0.873. The van der Waals surface area contributed by atoms with Crippen LogP contribution in [0.25, 0.3) is 22.4 Å². The van der Waals surface area contributed by atoms with Crippen molar-refractivity contribution in [3.05, 3.63) is 78.1 Å². The van der Waals surface area contributed by atoms with E-state index >= 15 is 0 Å². The third-order valence-electron chi connectivity index (χ3n) is 6.99. The molecule has 3 aromatic carbocycles. The molecule has 0 unspecified atom stereocenters. The van der Waals surface area contributed by atoms with Gasteiger partial charge in [-0.05, 0) is 48.7 Å². The normalized spacial score (nSPS) is 16.4. The van der Waals surface area contributed by atoms with Gasteiger partial charge in [0.25, 0.3) is 5.91 Å². The Labute approximate surface area is 208 Å². The first-order valence-corrected chi connectivity index (χ1v) is 12.1. The number of carbonyl (C=O) groups excluding carboxylic acids is 1. The van der Waals surface area contributed by atoms with E-state index in [-0.39, 0.29) is 24.6 Å². The van der Waals surface area contributed by atoms with Gasteiger partial charge in [-0.15, -0.1) is 0 Å². The third kappa shape index (κ3) is 3.97. The molecule has 0 radical (unpaired) electrons. The fraction of sp³-hybridized carbons (Fsp3) is 0.286. The minimum Gasteiger partial charge on any atom is -0.454 e. The van der Waals surface area contributed by atoms with Crippen molar-refractivity contribution < 1.29 is 23.4 Å². The molecule has 2 aliphatic heterocycles. The van der Waals surface area contributed by atoms with Crippen molar-refractivity contribution in [3.63, 3.8) is 0 Å². The summed E-state index contributed by atoms with van der Waals surface area (Å²) in [5.74, 6) is 1.76. The van der Waals surface area contributed by atoms with Crippen molar-refractivity contribution >= 4 is 16.9 Å². The summed E-state index contributed by atoms with van der Waals surface area (Å²) in [6, 6.07) is 20.1. The van der Waals surface area contributed by atoms with Gasteiger partial charge in [0, 0.05) is 37.9 Å². The van der Waals surface area contributed by atoms with Crippen LogP contribution in [0.1, 0.15) is 30.6 Å². The molecule has 4 aromatic rings. The highest BCUT2D eigenvalue weighted by Gasteiger charge is 2.31. The number of imidazole rings is 1. The van der Waals surface area contributed by atoms with Crippen molar-refractivity contribution in [2.24, 2.45) is 0 Å². The highest BCUT2D eigenvalue weighted by molar-refractivity contribution is 5.83. The number of likely N-dealkylation sites (tertiary alicyclic amines) is 1. The van der Waals surface area contributed by atoms with Crippen molar-refractivity contribution in [1.82, 2.24) is 14.5 Å². The van der Waals surface area contributed by atoms with Crippen LogP contribution in [0.3, 0.4) is 0 Å². The molecule has 1 fully saturated rings. The van der Waals surface area contributed by atoms with Crippen LogP contribution >= 0.6 is 0 Å². The molecule has 1 atom stereocenters. The van der Waals surface area contributed by atoms with Crippen LogP contribution in [0.4, 0.5) is 4.39 Å². The smallest absolute Gasteiger partial charge is 0.256 e. The summed E-state index contributed by atoms with van der Waals surface area (Å²) < 4.78 is 32.8. The number of nitrogens with zero attached hydrogens (tertiary/aromatic N) is 3. The van der Waals surface area contributed by atoms with E-state index in [1.165, 1.54) is 12.1 Å². The number of rotatable bonds is 5.